The van der Waals surface area contributed by atoms with Gasteiger partial charge in [0.25, 0.3) is 0 Å². The smallest absolute Gasteiger partial charge is 0.369 e. The van der Waals surface area contributed by atoms with Crippen LogP contribution in [0.2, 0.25) is 0 Å². The largest absolute Gasteiger partial charge is 0.493 e. The van der Waals surface area contributed by atoms with Gasteiger partial charge in [0, 0.05) is 0 Å². The van der Waals surface area contributed by atoms with Crippen LogP contribution in [0.25, 0.3) is 11.4 Å². The van der Waals surface area contributed by atoms with E-state index in [0.29, 0.717) is 17.9 Å². The number of carbonyl (C=O) groups is 1. The van der Waals surface area contributed by atoms with E-state index in [0.717, 1.165) is 6.42 Å². The molecule has 1 aliphatic heterocycles. The number of nitrogens with zero attached hydrogens (tertiary/aromatic N) is 4. The van der Waals surface area contributed by atoms with Gasteiger partial charge in [0.1, 0.15) is 11.1 Å². The molecule has 0 radical (unpaired) electrons. The van der Waals surface area contributed by atoms with Crippen molar-refractivity contribution in [2.45, 2.75) is 18.2 Å². The highest BCUT2D eigenvalue weighted by Crippen LogP contribution is 2.29. The number of urea groups is 1. The monoisotopic (exact) mass is 361 g/mol. The number of nitrogens with one attached hydrogen (secondary N) is 1. The Labute approximate surface area is 143 Å². The number of rotatable bonds is 6. The highest BCUT2D eigenvalue weighted by atomic mass is 32.2. The maximum Gasteiger partial charge on any atom is 0.369 e. The van der Waals surface area contributed by atoms with Crippen LogP contribution in [-0.2, 0) is 10.0 Å². The number of hydrogen-bond acceptors (Lipinski definition) is 6. The molecule has 1 aromatic heterocycles. The molecule has 0 bridgehead atoms. The lowest BCUT2D eigenvalue weighted by Gasteiger charge is -2.12. The summed E-state index contributed by atoms with van der Waals surface area (Å²) in [6.45, 7) is 2.41. The second kappa shape index (κ2) is 6.65. The number of ether oxygens (including phenoxy) is 1. The number of fused-ring (bicyclic) bond motifs is 1. The van der Waals surface area contributed by atoms with E-state index >= 15 is 0 Å². The first-order valence-corrected chi connectivity index (χ1v) is 8.98. The average Bonchev–Trinajstić information content (AvgIpc) is 2.98. The molecular weight excluding hydrogens is 346 g/mol. The Morgan fingerprint density at radius 1 is 1.24 bits per heavy atom. The van der Waals surface area contributed by atoms with Crippen molar-refractivity contribution >= 4 is 16.1 Å². The normalized spacial score (nSPS) is 13.1. The van der Waals surface area contributed by atoms with E-state index in [1.165, 1.54) is 25.4 Å². The summed E-state index contributed by atoms with van der Waals surface area (Å²) < 4.78 is 32.1. The summed E-state index contributed by atoms with van der Waals surface area (Å²) in [5, 5.41) is 0.281. The van der Waals surface area contributed by atoms with Gasteiger partial charge in [0.2, 0.25) is 10.0 Å². The highest BCUT2D eigenvalue weighted by molar-refractivity contribution is 7.89. The van der Waals surface area contributed by atoms with Crippen LogP contribution in [-0.4, -0.2) is 38.1 Å². The maximum absolute atomic E-state index is 12.1. The summed E-state index contributed by atoms with van der Waals surface area (Å²) in [7, 11) is -2.32. The molecule has 9 nitrogen and oxygen atoms in total. The van der Waals surface area contributed by atoms with Crippen LogP contribution in [0.1, 0.15) is 13.3 Å². The first kappa shape index (κ1) is 17.1. The predicted octanol–water partition coefficient (Wildman–Crippen LogP) is 0.213. The number of hydrogen-bond donors (Lipinski definition) is 1. The minimum Gasteiger partial charge on any atom is -0.493 e. The van der Waals surface area contributed by atoms with Crippen LogP contribution in [0.4, 0.5) is 4.79 Å². The molecule has 0 unspecified atom stereocenters. The lowest BCUT2D eigenvalue weighted by molar-refractivity contribution is 0.256. The van der Waals surface area contributed by atoms with E-state index in [2.05, 4.69) is 24.7 Å². The van der Waals surface area contributed by atoms with Gasteiger partial charge in [-0.25, -0.2) is 27.9 Å². The fraction of sp³-hybridized carbons (Fsp3) is 0.267. The van der Waals surface area contributed by atoms with Gasteiger partial charge in [-0.1, -0.05) is 6.92 Å². The topological polar surface area (TPSA) is 123 Å². The van der Waals surface area contributed by atoms with E-state index in [1.54, 1.807) is 6.07 Å². The van der Waals surface area contributed by atoms with Gasteiger partial charge in [-0.2, -0.15) is 9.98 Å². The third-order valence-corrected chi connectivity index (χ3v) is 4.81. The van der Waals surface area contributed by atoms with Crippen molar-refractivity contribution in [1.82, 2.24) is 14.7 Å². The zero-order chi connectivity index (χ0) is 18.0. The van der Waals surface area contributed by atoms with Crippen LogP contribution >= 0.6 is 0 Å². The van der Waals surface area contributed by atoms with Gasteiger partial charge >= 0.3 is 6.03 Å². The first-order chi connectivity index (χ1) is 11.9. The zero-order valence-electron chi connectivity index (χ0n) is 13.6. The van der Waals surface area contributed by atoms with Crippen molar-refractivity contribution in [1.29, 1.82) is 0 Å². The molecule has 0 aliphatic carbocycles. The van der Waals surface area contributed by atoms with E-state index in [9.17, 15) is 13.2 Å². The second-order valence-corrected chi connectivity index (χ2v) is 7.01. The first-order valence-electron chi connectivity index (χ1n) is 7.50. The number of amides is 2. The number of benzene rings is 1. The molecule has 10 heteroatoms. The van der Waals surface area contributed by atoms with Gasteiger partial charge in [-0.3, -0.25) is 0 Å². The summed E-state index contributed by atoms with van der Waals surface area (Å²) in [6, 6.07) is 3.78. The van der Waals surface area contributed by atoms with E-state index in [4.69, 9.17) is 4.74 Å². The summed E-state index contributed by atoms with van der Waals surface area (Å²) in [5.41, 5.74) is 0.542. The molecule has 1 aliphatic rings. The third-order valence-electron chi connectivity index (χ3n) is 3.40. The molecule has 25 heavy (non-hydrogen) atoms. The quantitative estimate of drug-likeness (QED) is 0.785. The molecule has 0 spiro atoms. The molecule has 2 amide bonds. The molecule has 1 aromatic carbocycles. The fourth-order valence-electron chi connectivity index (χ4n) is 2.18. The van der Waals surface area contributed by atoms with Crippen LogP contribution < -0.4 is 20.3 Å². The summed E-state index contributed by atoms with van der Waals surface area (Å²) in [6.07, 6.45) is 2.15. The van der Waals surface area contributed by atoms with Crippen molar-refractivity contribution in [3.05, 3.63) is 35.2 Å². The van der Waals surface area contributed by atoms with E-state index < -0.39 is 16.1 Å². The summed E-state index contributed by atoms with van der Waals surface area (Å²) >= 11 is 0. The van der Waals surface area contributed by atoms with Crippen LogP contribution in [0, 0.1) is 0 Å². The lowest BCUT2D eigenvalue weighted by Crippen LogP contribution is -2.27. The number of aromatic nitrogens is 2. The fourth-order valence-corrected chi connectivity index (χ4v) is 2.94. The zero-order valence-corrected chi connectivity index (χ0v) is 14.4. The standard InChI is InChI=1S/C15H15N5O4S/c1-3-6-24-12-5-4-9(25(22,23)16-2)7-10(12)13-17-8-11-14(19-13)20-15(21)18-11/h4-5,7-8,16H,3,6H2,1-2H3. The predicted molar refractivity (Wildman–Crippen MR) is 87.2 cm³/mol. The Bertz CT molecular complexity index is 1070. The van der Waals surface area contributed by atoms with Crippen molar-refractivity contribution in [2.75, 3.05) is 13.7 Å². The minimum absolute atomic E-state index is 0.0515. The highest BCUT2D eigenvalue weighted by Gasteiger charge is 2.18. The average molecular weight is 361 g/mol. The lowest BCUT2D eigenvalue weighted by atomic mass is 10.2. The maximum atomic E-state index is 12.1. The van der Waals surface area contributed by atoms with Crippen molar-refractivity contribution in [3.63, 3.8) is 0 Å². The molecule has 0 saturated heterocycles. The van der Waals surface area contributed by atoms with Gasteiger partial charge < -0.3 is 4.74 Å². The van der Waals surface area contributed by atoms with Crippen molar-refractivity contribution in [2.24, 2.45) is 9.98 Å². The van der Waals surface area contributed by atoms with Crippen molar-refractivity contribution < 1.29 is 17.9 Å². The second-order valence-electron chi connectivity index (χ2n) is 5.12. The molecule has 130 valence electrons. The Balaban J connectivity index is 2.17. The minimum atomic E-state index is -3.64. The molecular formula is C15H15N5O4S. The van der Waals surface area contributed by atoms with E-state index in [1.807, 2.05) is 6.92 Å². The van der Waals surface area contributed by atoms with Crippen LogP contribution in [0.15, 0.2) is 39.3 Å². The Morgan fingerprint density at radius 2 is 2.04 bits per heavy atom. The Morgan fingerprint density at radius 3 is 2.76 bits per heavy atom. The number of sulfonamides is 1. The molecule has 0 fully saturated rings. The molecule has 0 saturated carbocycles. The summed E-state index contributed by atoms with van der Waals surface area (Å²) in [5.74, 6) is 0.643. The van der Waals surface area contributed by atoms with Crippen molar-refractivity contribution in [3.8, 4) is 17.1 Å². The molecule has 2 aromatic rings. The summed E-state index contributed by atoms with van der Waals surface area (Å²) in [4.78, 5) is 27.0. The molecule has 3 rings (SSSR count). The molecule has 1 N–H and O–H groups in total. The van der Waals surface area contributed by atoms with Crippen LogP contribution in [0.5, 0.6) is 5.75 Å². The van der Waals surface area contributed by atoms with Gasteiger partial charge in [-0.05, 0) is 31.7 Å². The molecule has 2 heterocycles. The van der Waals surface area contributed by atoms with E-state index in [-0.39, 0.29) is 21.6 Å². The SMILES string of the molecule is CCCOc1ccc(S(=O)(=O)NC)cc1-c1ncc2c(n1)=NC(=O)N=2. The third kappa shape index (κ3) is 3.39. The number of carbonyl (C=O) groups excluding carboxylic acids is 1. The van der Waals surface area contributed by atoms with Crippen LogP contribution in [0.3, 0.4) is 0 Å². The van der Waals surface area contributed by atoms with Gasteiger partial charge in [-0.15, -0.1) is 0 Å². The Hall–Kier alpha value is -2.72. The Kier molecular flexibility index (Phi) is 4.55. The molecule has 0 atom stereocenters. The van der Waals surface area contributed by atoms with Gasteiger partial charge in [0.05, 0.1) is 23.3 Å². The van der Waals surface area contributed by atoms with Gasteiger partial charge in [0.15, 0.2) is 11.3 Å².